The van der Waals surface area contributed by atoms with Gasteiger partial charge in [-0.3, -0.25) is 9.69 Å². The molecule has 0 radical (unpaired) electrons. The molecule has 0 saturated carbocycles. The van der Waals surface area contributed by atoms with Crippen molar-refractivity contribution in [3.63, 3.8) is 0 Å². The van der Waals surface area contributed by atoms with Crippen LogP contribution in [0.15, 0.2) is 10.9 Å². The van der Waals surface area contributed by atoms with Crippen LogP contribution in [0.5, 0.6) is 0 Å². The standard InChI is InChI=1S/C16H27N3O/c1-5-18-7-6-15-14(11-18)8-13(9-17-4)16(20)19(15)10-12(2)3/h8,12,17H,5-7,9-11H2,1-4H3. The molecule has 0 fully saturated rings. The molecule has 1 N–H and O–H groups in total. The molecule has 1 aromatic heterocycles. The summed E-state index contributed by atoms with van der Waals surface area (Å²) >= 11 is 0. The minimum Gasteiger partial charge on any atom is -0.315 e. The van der Waals surface area contributed by atoms with Crippen molar-refractivity contribution in [1.29, 1.82) is 0 Å². The maximum Gasteiger partial charge on any atom is 0.255 e. The molecule has 0 aliphatic carbocycles. The summed E-state index contributed by atoms with van der Waals surface area (Å²) in [6, 6.07) is 2.12. The third-order valence-corrected chi connectivity index (χ3v) is 3.99. The Morgan fingerprint density at radius 2 is 2.15 bits per heavy atom. The maximum absolute atomic E-state index is 12.6. The fourth-order valence-electron chi connectivity index (χ4n) is 2.99. The van der Waals surface area contributed by atoms with Crippen molar-refractivity contribution in [2.24, 2.45) is 5.92 Å². The largest absolute Gasteiger partial charge is 0.315 e. The SMILES string of the molecule is CCN1CCc2c(cc(CNC)c(=O)n2CC(C)C)C1. The van der Waals surface area contributed by atoms with E-state index < -0.39 is 0 Å². The summed E-state index contributed by atoms with van der Waals surface area (Å²) in [4.78, 5) is 15.1. The molecule has 1 aliphatic rings. The molecule has 112 valence electrons. The van der Waals surface area contributed by atoms with Gasteiger partial charge in [-0.05, 0) is 31.1 Å². The van der Waals surface area contributed by atoms with E-state index in [0.717, 1.165) is 38.2 Å². The molecule has 0 amide bonds. The summed E-state index contributed by atoms with van der Waals surface area (Å²) in [5, 5.41) is 3.11. The Morgan fingerprint density at radius 1 is 1.40 bits per heavy atom. The van der Waals surface area contributed by atoms with E-state index in [1.165, 1.54) is 11.3 Å². The lowest BCUT2D eigenvalue weighted by Gasteiger charge is -2.30. The minimum absolute atomic E-state index is 0.191. The van der Waals surface area contributed by atoms with Gasteiger partial charge in [0, 0.05) is 43.9 Å². The van der Waals surface area contributed by atoms with E-state index >= 15 is 0 Å². The number of hydrogen-bond donors (Lipinski definition) is 1. The first-order valence-corrected chi connectivity index (χ1v) is 7.68. The Hall–Kier alpha value is -1.13. The van der Waals surface area contributed by atoms with Gasteiger partial charge >= 0.3 is 0 Å². The molecule has 20 heavy (non-hydrogen) atoms. The average Bonchev–Trinajstić information content (AvgIpc) is 2.42. The van der Waals surface area contributed by atoms with Crippen LogP contribution in [0, 0.1) is 5.92 Å². The summed E-state index contributed by atoms with van der Waals surface area (Å²) in [6.07, 6.45) is 0.991. The molecule has 2 rings (SSSR count). The van der Waals surface area contributed by atoms with Crippen LogP contribution in [0.1, 0.15) is 37.6 Å². The van der Waals surface area contributed by atoms with Gasteiger partial charge in [-0.15, -0.1) is 0 Å². The Balaban J connectivity index is 2.48. The van der Waals surface area contributed by atoms with E-state index in [1.54, 1.807) is 0 Å². The van der Waals surface area contributed by atoms with Crippen LogP contribution in [-0.4, -0.2) is 29.6 Å². The lowest BCUT2D eigenvalue weighted by molar-refractivity contribution is 0.260. The van der Waals surface area contributed by atoms with Gasteiger partial charge in [0.15, 0.2) is 0 Å². The Kier molecular flexibility index (Phi) is 5.00. The van der Waals surface area contributed by atoms with Crippen molar-refractivity contribution >= 4 is 0 Å². The number of aromatic nitrogens is 1. The van der Waals surface area contributed by atoms with Crippen LogP contribution in [0.3, 0.4) is 0 Å². The van der Waals surface area contributed by atoms with Gasteiger partial charge < -0.3 is 9.88 Å². The monoisotopic (exact) mass is 277 g/mol. The Labute approximate surface area is 121 Å². The fraction of sp³-hybridized carbons (Fsp3) is 0.688. The van der Waals surface area contributed by atoms with Crippen molar-refractivity contribution in [3.05, 3.63) is 33.2 Å². The van der Waals surface area contributed by atoms with Crippen LogP contribution in [0.25, 0.3) is 0 Å². The first kappa shape index (κ1) is 15.3. The van der Waals surface area contributed by atoms with Crippen LogP contribution >= 0.6 is 0 Å². The van der Waals surface area contributed by atoms with Crippen molar-refractivity contribution < 1.29 is 0 Å². The normalized spacial score (nSPS) is 15.7. The van der Waals surface area contributed by atoms with Crippen molar-refractivity contribution in [2.45, 2.75) is 46.8 Å². The maximum atomic E-state index is 12.6. The molecule has 0 spiro atoms. The highest BCUT2D eigenvalue weighted by Crippen LogP contribution is 2.19. The second-order valence-electron chi connectivity index (χ2n) is 6.10. The fourth-order valence-corrected chi connectivity index (χ4v) is 2.99. The predicted molar refractivity (Wildman–Crippen MR) is 83.0 cm³/mol. The van der Waals surface area contributed by atoms with Gasteiger partial charge in [0.25, 0.3) is 5.56 Å². The summed E-state index contributed by atoms with van der Waals surface area (Å²) < 4.78 is 2.03. The molecule has 0 saturated heterocycles. The molecule has 4 heteroatoms. The van der Waals surface area contributed by atoms with Gasteiger partial charge in [-0.25, -0.2) is 0 Å². The van der Waals surface area contributed by atoms with E-state index in [2.05, 4.69) is 37.1 Å². The molecule has 1 aromatic rings. The molecular formula is C16H27N3O. The first-order valence-electron chi connectivity index (χ1n) is 7.68. The Morgan fingerprint density at radius 3 is 2.75 bits per heavy atom. The molecule has 0 bridgehead atoms. The molecule has 1 aliphatic heterocycles. The van der Waals surface area contributed by atoms with Crippen LogP contribution in [0.4, 0.5) is 0 Å². The Bertz CT molecular complexity index is 519. The smallest absolute Gasteiger partial charge is 0.255 e. The number of nitrogens with one attached hydrogen (secondary N) is 1. The van der Waals surface area contributed by atoms with Gasteiger partial charge in [0.05, 0.1) is 0 Å². The van der Waals surface area contributed by atoms with Crippen LogP contribution in [-0.2, 0) is 26.1 Å². The minimum atomic E-state index is 0.191. The summed E-state index contributed by atoms with van der Waals surface area (Å²) in [7, 11) is 1.89. The second kappa shape index (κ2) is 6.55. The third-order valence-electron chi connectivity index (χ3n) is 3.99. The zero-order chi connectivity index (χ0) is 14.7. The van der Waals surface area contributed by atoms with Gasteiger partial charge in [-0.1, -0.05) is 20.8 Å². The molecule has 0 unspecified atom stereocenters. The third kappa shape index (κ3) is 3.13. The zero-order valence-corrected chi connectivity index (χ0v) is 13.2. The molecule has 0 atom stereocenters. The average molecular weight is 277 g/mol. The van der Waals surface area contributed by atoms with Crippen LogP contribution in [0.2, 0.25) is 0 Å². The lowest BCUT2D eigenvalue weighted by Crippen LogP contribution is -2.38. The predicted octanol–water partition coefficient (Wildman–Crippen LogP) is 1.60. The highest BCUT2D eigenvalue weighted by Gasteiger charge is 2.21. The summed E-state index contributed by atoms with van der Waals surface area (Å²) in [5.41, 5.74) is 3.68. The number of pyridine rings is 1. The van der Waals surface area contributed by atoms with E-state index in [9.17, 15) is 4.79 Å². The molecule has 0 aromatic carbocycles. The van der Waals surface area contributed by atoms with E-state index in [0.29, 0.717) is 12.5 Å². The van der Waals surface area contributed by atoms with E-state index in [-0.39, 0.29) is 5.56 Å². The number of rotatable bonds is 5. The summed E-state index contributed by atoms with van der Waals surface area (Å²) in [5.74, 6) is 0.492. The number of likely N-dealkylation sites (N-methyl/N-ethyl adjacent to an activating group) is 1. The highest BCUT2D eigenvalue weighted by molar-refractivity contribution is 5.29. The van der Waals surface area contributed by atoms with Crippen molar-refractivity contribution in [2.75, 3.05) is 20.1 Å². The summed E-state index contributed by atoms with van der Waals surface area (Å²) in [6.45, 7) is 11.1. The van der Waals surface area contributed by atoms with Crippen molar-refractivity contribution in [1.82, 2.24) is 14.8 Å². The van der Waals surface area contributed by atoms with E-state index in [1.807, 2.05) is 11.6 Å². The number of nitrogens with zero attached hydrogens (tertiary/aromatic N) is 2. The lowest BCUT2D eigenvalue weighted by atomic mass is 10.0. The number of fused-ring (bicyclic) bond motifs is 1. The van der Waals surface area contributed by atoms with Gasteiger partial charge in [0.2, 0.25) is 0 Å². The van der Waals surface area contributed by atoms with Crippen LogP contribution < -0.4 is 10.9 Å². The quantitative estimate of drug-likeness (QED) is 0.888. The molecule has 2 heterocycles. The highest BCUT2D eigenvalue weighted by atomic mass is 16.1. The van der Waals surface area contributed by atoms with Crippen molar-refractivity contribution in [3.8, 4) is 0 Å². The molecular weight excluding hydrogens is 250 g/mol. The zero-order valence-electron chi connectivity index (χ0n) is 13.2. The van der Waals surface area contributed by atoms with Gasteiger partial charge in [0.1, 0.15) is 0 Å². The molecule has 4 nitrogen and oxygen atoms in total. The topological polar surface area (TPSA) is 37.3 Å². The van der Waals surface area contributed by atoms with Gasteiger partial charge in [-0.2, -0.15) is 0 Å². The second-order valence-corrected chi connectivity index (χ2v) is 6.10. The van der Waals surface area contributed by atoms with E-state index in [4.69, 9.17) is 0 Å². The first-order chi connectivity index (χ1) is 9.56. The number of hydrogen-bond acceptors (Lipinski definition) is 3.